The molecule has 2 saturated heterocycles. The Labute approximate surface area is 172 Å². The van der Waals surface area contributed by atoms with Crippen LogP contribution >= 0.6 is 0 Å². The zero-order chi connectivity index (χ0) is 20.9. The lowest BCUT2D eigenvalue weighted by Crippen LogP contribution is -2.44. The van der Waals surface area contributed by atoms with Gasteiger partial charge in [-0.15, -0.1) is 0 Å². The van der Waals surface area contributed by atoms with Crippen molar-refractivity contribution in [2.75, 3.05) is 12.8 Å². The number of nitrogens with zero attached hydrogens (tertiary/aromatic N) is 2. The van der Waals surface area contributed by atoms with Crippen LogP contribution in [0.4, 0.5) is 0 Å². The number of fused-ring (bicyclic) bond motifs is 1. The summed E-state index contributed by atoms with van der Waals surface area (Å²) in [6, 6.07) is 7.34. The number of carbonyl (C=O) groups excluding carboxylic acids is 2. The van der Waals surface area contributed by atoms with Crippen LogP contribution in [0.1, 0.15) is 49.0 Å². The molecule has 2 amide bonds. The molecule has 1 saturated carbocycles. The van der Waals surface area contributed by atoms with Crippen LogP contribution in [-0.2, 0) is 21.4 Å². The van der Waals surface area contributed by atoms with E-state index in [2.05, 4.69) is 5.32 Å². The number of likely N-dealkylation sites (tertiary alicyclic amines) is 1. The lowest BCUT2D eigenvalue weighted by molar-refractivity contribution is -0.129. The summed E-state index contributed by atoms with van der Waals surface area (Å²) < 4.78 is 25.5. The summed E-state index contributed by atoms with van der Waals surface area (Å²) in [5.41, 5.74) is 1.71. The highest BCUT2D eigenvalue weighted by Gasteiger charge is 2.58. The van der Waals surface area contributed by atoms with Gasteiger partial charge in [0.2, 0.25) is 15.9 Å². The van der Waals surface area contributed by atoms with E-state index >= 15 is 0 Å². The minimum Gasteiger partial charge on any atom is -0.333 e. The molecular formula is C21H29N3O4S. The number of amides is 2. The summed E-state index contributed by atoms with van der Waals surface area (Å²) in [5, 5.41) is 3.45. The predicted octanol–water partition coefficient (Wildman–Crippen LogP) is 1.60. The summed E-state index contributed by atoms with van der Waals surface area (Å²) in [6.07, 6.45) is 4.02. The van der Waals surface area contributed by atoms with Crippen LogP contribution in [0.3, 0.4) is 0 Å². The molecule has 0 unspecified atom stereocenters. The third kappa shape index (κ3) is 3.80. The Morgan fingerprint density at radius 2 is 1.83 bits per heavy atom. The van der Waals surface area contributed by atoms with Gasteiger partial charge in [0, 0.05) is 24.7 Å². The summed E-state index contributed by atoms with van der Waals surface area (Å²) in [4.78, 5) is 27.8. The van der Waals surface area contributed by atoms with E-state index in [0.29, 0.717) is 24.6 Å². The van der Waals surface area contributed by atoms with Crippen LogP contribution in [-0.4, -0.2) is 60.4 Å². The van der Waals surface area contributed by atoms with E-state index in [1.807, 2.05) is 38.1 Å². The lowest BCUT2D eigenvalue weighted by atomic mass is 9.88. The Hall–Kier alpha value is -1.93. The zero-order valence-electron chi connectivity index (χ0n) is 17.2. The monoisotopic (exact) mass is 419 g/mol. The van der Waals surface area contributed by atoms with Crippen molar-refractivity contribution in [1.29, 1.82) is 0 Å². The maximum absolute atomic E-state index is 13.2. The second-order valence-electron chi connectivity index (χ2n) is 8.86. The van der Waals surface area contributed by atoms with Gasteiger partial charge in [0.05, 0.1) is 24.3 Å². The summed E-state index contributed by atoms with van der Waals surface area (Å²) in [6.45, 7) is 5.07. The first-order valence-electron chi connectivity index (χ1n) is 10.3. The van der Waals surface area contributed by atoms with Crippen molar-refractivity contribution in [3.8, 4) is 0 Å². The van der Waals surface area contributed by atoms with E-state index in [4.69, 9.17) is 0 Å². The standard InChI is InChI=1S/C21H29N3O4S/c1-13(2)18-19-17(24(21(18)26)29(3,27)28)10-11-23(19)20(25)15-6-4-14(5-7-15)12-22-16-8-9-16/h4-7,13,16-19,22H,8-12H2,1-3H3/t17-,18+,19-/m0/s1. The first kappa shape index (κ1) is 20.3. The number of benzene rings is 1. The summed E-state index contributed by atoms with van der Waals surface area (Å²) in [5.74, 6) is -1.06. The molecule has 1 N–H and O–H groups in total. The van der Waals surface area contributed by atoms with Gasteiger partial charge in [0.25, 0.3) is 5.91 Å². The molecule has 3 fully saturated rings. The van der Waals surface area contributed by atoms with Crippen LogP contribution < -0.4 is 5.32 Å². The van der Waals surface area contributed by atoms with Crippen LogP contribution in [0.15, 0.2) is 24.3 Å². The molecule has 1 aliphatic carbocycles. The molecule has 1 aromatic carbocycles. The molecule has 0 bridgehead atoms. The van der Waals surface area contributed by atoms with Gasteiger partial charge in [-0.2, -0.15) is 0 Å². The van der Waals surface area contributed by atoms with Gasteiger partial charge in [-0.3, -0.25) is 9.59 Å². The number of hydrogen-bond donors (Lipinski definition) is 1. The third-order valence-electron chi connectivity index (χ3n) is 6.30. The molecule has 7 nitrogen and oxygen atoms in total. The van der Waals surface area contributed by atoms with Crippen molar-refractivity contribution in [2.45, 2.75) is 57.8 Å². The molecule has 0 radical (unpaired) electrons. The molecule has 29 heavy (non-hydrogen) atoms. The third-order valence-corrected chi connectivity index (χ3v) is 7.47. The highest BCUT2D eigenvalue weighted by atomic mass is 32.2. The Morgan fingerprint density at radius 1 is 1.17 bits per heavy atom. The topological polar surface area (TPSA) is 86.8 Å². The van der Waals surface area contributed by atoms with Gasteiger partial charge in [-0.1, -0.05) is 26.0 Å². The Morgan fingerprint density at radius 3 is 2.38 bits per heavy atom. The highest BCUT2D eigenvalue weighted by molar-refractivity contribution is 7.88. The SMILES string of the molecule is CC(C)[C@H]1C(=O)N(S(C)(=O)=O)[C@H]2CCN(C(=O)c3ccc(CNC4CC4)cc3)[C@H]12. The van der Waals surface area contributed by atoms with Crippen molar-refractivity contribution < 1.29 is 18.0 Å². The van der Waals surface area contributed by atoms with E-state index in [-0.39, 0.29) is 17.7 Å². The molecular weight excluding hydrogens is 390 g/mol. The quantitative estimate of drug-likeness (QED) is 0.757. The molecule has 2 heterocycles. The fraction of sp³-hybridized carbons (Fsp3) is 0.619. The second-order valence-corrected chi connectivity index (χ2v) is 10.7. The molecule has 1 aromatic rings. The van der Waals surface area contributed by atoms with E-state index in [0.717, 1.165) is 22.7 Å². The Kier molecular flexibility index (Phi) is 5.19. The molecule has 8 heteroatoms. The summed E-state index contributed by atoms with van der Waals surface area (Å²) in [7, 11) is -3.66. The van der Waals surface area contributed by atoms with Crippen LogP contribution in [0.2, 0.25) is 0 Å². The van der Waals surface area contributed by atoms with Gasteiger partial charge < -0.3 is 10.2 Å². The average molecular weight is 420 g/mol. The van der Waals surface area contributed by atoms with Gasteiger partial charge in [0.1, 0.15) is 0 Å². The van der Waals surface area contributed by atoms with Crippen LogP contribution in [0.5, 0.6) is 0 Å². The first-order chi connectivity index (χ1) is 13.7. The largest absolute Gasteiger partial charge is 0.333 e. The van der Waals surface area contributed by atoms with Gasteiger partial charge in [-0.05, 0) is 42.9 Å². The molecule has 0 spiro atoms. The van der Waals surface area contributed by atoms with Gasteiger partial charge in [-0.25, -0.2) is 12.7 Å². The van der Waals surface area contributed by atoms with E-state index in [9.17, 15) is 18.0 Å². The minimum atomic E-state index is -3.66. The smallest absolute Gasteiger partial charge is 0.254 e. The Balaban J connectivity index is 1.55. The maximum Gasteiger partial charge on any atom is 0.254 e. The maximum atomic E-state index is 13.2. The van der Waals surface area contributed by atoms with Crippen LogP contribution in [0.25, 0.3) is 0 Å². The van der Waals surface area contributed by atoms with Gasteiger partial charge in [0.15, 0.2) is 0 Å². The number of nitrogens with one attached hydrogen (secondary N) is 1. The number of rotatable bonds is 6. The van der Waals surface area contributed by atoms with E-state index < -0.39 is 28.0 Å². The van der Waals surface area contributed by atoms with Crippen molar-refractivity contribution in [3.63, 3.8) is 0 Å². The molecule has 3 aliphatic rings. The molecule has 0 aromatic heterocycles. The van der Waals surface area contributed by atoms with Crippen molar-refractivity contribution in [3.05, 3.63) is 35.4 Å². The fourth-order valence-electron chi connectivity index (χ4n) is 4.75. The fourth-order valence-corrected chi connectivity index (χ4v) is 5.92. The highest BCUT2D eigenvalue weighted by Crippen LogP contribution is 2.41. The zero-order valence-corrected chi connectivity index (χ0v) is 18.0. The molecule has 2 aliphatic heterocycles. The lowest BCUT2D eigenvalue weighted by Gasteiger charge is -2.29. The van der Waals surface area contributed by atoms with Crippen molar-refractivity contribution in [1.82, 2.24) is 14.5 Å². The molecule has 4 rings (SSSR count). The number of sulfonamides is 1. The second kappa shape index (κ2) is 7.40. The van der Waals surface area contributed by atoms with E-state index in [1.54, 1.807) is 4.90 Å². The number of hydrogen-bond acceptors (Lipinski definition) is 5. The number of carbonyl (C=O) groups is 2. The average Bonchev–Trinajstić information content (AvgIpc) is 3.31. The van der Waals surface area contributed by atoms with Crippen LogP contribution in [0, 0.1) is 11.8 Å². The van der Waals surface area contributed by atoms with E-state index in [1.165, 1.54) is 12.8 Å². The first-order valence-corrected chi connectivity index (χ1v) is 12.2. The summed E-state index contributed by atoms with van der Waals surface area (Å²) >= 11 is 0. The minimum absolute atomic E-state index is 0.0500. The van der Waals surface area contributed by atoms with Crippen molar-refractivity contribution in [2.24, 2.45) is 11.8 Å². The Bertz CT molecular complexity index is 908. The molecule has 158 valence electrons. The van der Waals surface area contributed by atoms with Gasteiger partial charge >= 0.3 is 0 Å². The molecule has 3 atom stereocenters. The normalized spacial score (nSPS) is 27.0. The predicted molar refractivity (Wildman–Crippen MR) is 110 cm³/mol. The van der Waals surface area contributed by atoms with Crippen molar-refractivity contribution >= 4 is 21.8 Å².